The standard InChI is InChI=1S/C13H15N/c1-4-11-10(3)14(5-2)13-9-7-6-8-12(11)13/h4,6-9H,1,5H2,2-3H3. The van der Waals surface area contributed by atoms with Crippen LogP contribution in [0, 0.1) is 6.92 Å². The number of para-hydroxylation sites is 1. The number of fused-ring (bicyclic) bond motifs is 1. The molecule has 1 aromatic heterocycles. The van der Waals surface area contributed by atoms with Gasteiger partial charge in [0.25, 0.3) is 0 Å². The van der Waals surface area contributed by atoms with Gasteiger partial charge in [0, 0.05) is 28.7 Å². The van der Waals surface area contributed by atoms with Crippen LogP contribution in [0.3, 0.4) is 0 Å². The summed E-state index contributed by atoms with van der Waals surface area (Å²) in [4.78, 5) is 0. The number of nitrogens with zero attached hydrogens (tertiary/aromatic N) is 1. The number of rotatable bonds is 2. The largest absolute Gasteiger partial charge is 0.345 e. The highest BCUT2D eigenvalue weighted by Gasteiger charge is 2.08. The molecule has 0 amide bonds. The molecule has 0 radical (unpaired) electrons. The van der Waals surface area contributed by atoms with E-state index in [4.69, 9.17) is 0 Å². The van der Waals surface area contributed by atoms with Crippen LogP contribution in [0.5, 0.6) is 0 Å². The fourth-order valence-electron chi connectivity index (χ4n) is 2.12. The SMILES string of the molecule is C=Cc1c(C)n(CC)c2ccccc12. The van der Waals surface area contributed by atoms with Crippen LogP contribution in [0.25, 0.3) is 17.0 Å². The second-order valence-corrected chi connectivity index (χ2v) is 3.46. The zero-order valence-electron chi connectivity index (χ0n) is 8.75. The van der Waals surface area contributed by atoms with Crippen molar-refractivity contribution >= 4 is 17.0 Å². The predicted molar refractivity (Wildman–Crippen MR) is 62.4 cm³/mol. The van der Waals surface area contributed by atoms with Gasteiger partial charge in [-0.05, 0) is 19.9 Å². The summed E-state index contributed by atoms with van der Waals surface area (Å²) < 4.78 is 2.33. The van der Waals surface area contributed by atoms with Gasteiger partial charge in [-0.25, -0.2) is 0 Å². The van der Waals surface area contributed by atoms with Crippen molar-refractivity contribution in [3.05, 3.63) is 42.1 Å². The minimum atomic E-state index is 1.01. The summed E-state index contributed by atoms with van der Waals surface area (Å²) in [6, 6.07) is 8.49. The molecule has 0 fully saturated rings. The summed E-state index contributed by atoms with van der Waals surface area (Å²) in [6.07, 6.45) is 1.95. The average Bonchev–Trinajstić information content (AvgIpc) is 2.49. The number of aryl methyl sites for hydroxylation is 1. The van der Waals surface area contributed by atoms with Gasteiger partial charge in [-0.1, -0.05) is 30.9 Å². The van der Waals surface area contributed by atoms with Gasteiger partial charge in [-0.15, -0.1) is 0 Å². The first-order valence-electron chi connectivity index (χ1n) is 4.99. The Morgan fingerprint density at radius 3 is 2.71 bits per heavy atom. The van der Waals surface area contributed by atoms with Gasteiger partial charge < -0.3 is 4.57 Å². The van der Waals surface area contributed by atoms with E-state index in [1.165, 1.54) is 22.2 Å². The predicted octanol–water partition coefficient (Wildman–Crippen LogP) is 3.61. The van der Waals surface area contributed by atoms with Gasteiger partial charge >= 0.3 is 0 Å². The quantitative estimate of drug-likeness (QED) is 0.673. The third kappa shape index (κ3) is 1.09. The first kappa shape index (κ1) is 9.07. The van der Waals surface area contributed by atoms with Crippen LogP contribution in [0.15, 0.2) is 30.8 Å². The molecule has 1 aromatic carbocycles. The summed E-state index contributed by atoms with van der Waals surface area (Å²) in [5, 5.41) is 1.31. The zero-order chi connectivity index (χ0) is 10.1. The van der Waals surface area contributed by atoms with Crippen LogP contribution in [0.1, 0.15) is 18.2 Å². The first-order valence-corrected chi connectivity index (χ1v) is 4.99. The van der Waals surface area contributed by atoms with Crippen LogP contribution < -0.4 is 0 Å². The molecule has 2 aromatic rings. The molecule has 0 aliphatic heterocycles. The fraction of sp³-hybridized carbons (Fsp3) is 0.231. The lowest BCUT2D eigenvalue weighted by atomic mass is 10.1. The van der Waals surface area contributed by atoms with Gasteiger partial charge in [0.2, 0.25) is 0 Å². The van der Waals surface area contributed by atoms with E-state index in [-0.39, 0.29) is 0 Å². The van der Waals surface area contributed by atoms with Crippen molar-refractivity contribution in [1.82, 2.24) is 4.57 Å². The van der Waals surface area contributed by atoms with E-state index < -0.39 is 0 Å². The van der Waals surface area contributed by atoms with Crippen molar-refractivity contribution in [3.63, 3.8) is 0 Å². The van der Waals surface area contributed by atoms with Crippen molar-refractivity contribution in [2.24, 2.45) is 0 Å². The van der Waals surface area contributed by atoms with Crippen molar-refractivity contribution in [3.8, 4) is 0 Å². The summed E-state index contributed by atoms with van der Waals surface area (Å²) in [6.45, 7) is 9.22. The number of hydrogen-bond donors (Lipinski definition) is 0. The van der Waals surface area contributed by atoms with Crippen molar-refractivity contribution in [1.29, 1.82) is 0 Å². The van der Waals surface area contributed by atoms with E-state index >= 15 is 0 Å². The van der Waals surface area contributed by atoms with Crippen LogP contribution >= 0.6 is 0 Å². The number of benzene rings is 1. The maximum atomic E-state index is 3.88. The van der Waals surface area contributed by atoms with E-state index in [2.05, 4.69) is 49.3 Å². The minimum absolute atomic E-state index is 1.01. The lowest BCUT2D eigenvalue weighted by Crippen LogP contribution is -1.95. The molecule has 0 bridgehead atoms. The Morgan fingerprint density at radius 1 is 1.36 bits per heavy atom. The third-order valence-electron chi connectivity index (χ3n) is 2.80. The Labute approximate surface area is 84.7 Å². The molecule has 1 heteroatoms. The molecule has 0 unspecified atom stereocenters. The molecule has 0 atom stereocenters. The Hall–Kier alpha value is -1.50. The molecule has 0 spiro atoms. The highest BCUT2D eigenvalue weighted by atomic mass is 15.0. The molecule has 0 saturated heterocycles. The number of aromatic nitrogens is 1. The Kier molecular flexibility index (Phi) is 2.16. The lowest BCUT2D eigenvalue weighted by Gasteiger charge is -2.02. The second kappa shape index (κ2) is 3.33. The van der Waals surface area contributed by atoms with Crippen LogP contribution in [-0.4, -0.2) is 4.57 Å². The summed E-state index contributed by atoms with van der Waals surface area (Å²) in [5.74, 6) is 0. The summed E-state index contributed by atoms with van der Waals surface area (Å²) in [5.41, 5.74) is 3.88. The normalized spacial score (nSPS) is 10.7. The van der Waals surface area contributed by atoms with Gasteiger partial charge in [-0.3, -0.25) is 0 Å². The van der Waals surface area contributed by atoms with Crippen molar-refractivity contribution < 1.29 is 0 Å². The molecule has 0 aliphatic rings. The Morgan fingerprint density at radius 2 is 2.07 bits per heavy atom. The van der Waals surface area contributed by atoms with Crippen molar-refractivity contribution in [2.75, 3.05) is 0 Å². The maximum absolute atomic E-state index is 3.88. The Bertz CT molecular complexity index is 477. The van der Waals surface area contributed by atoms with Crippen LogP contribution in [0.2, 0.25) is 0 Å². The average molecular weight is 185 g/mol. The molecule has 14 heavy (non-hydrogen) atoms. The van der Waals surface area contributed by atoms with Gasteiger partial charge in [0.05, 0.1) is 0 Å². The zero-order valence-corrected chi connectivity index (χ0v) is 8.75. The molecule has 0 aliphatic carbocycles. The number of hydrogen-bond acceptors (Lipinski definition) is 0. The molecule has 1 heterocycles. The minimum Gasteiger partial charge on any atom is -0.345 e. The molecule has 1 nitrogen and oxygen atoms in total. The van der Waals surface area contributed by atoms with E-state index in [9.17, 15) is 0 Å². The van der Waals surface area contributed by atoms with Gasteiger partial charge in [0.15, 0.2) is 0 Å². The summed E-state index contributed by atoms with van der Waals surface area (Å²) >= 11 is 0. The van der Waals surface area contributed by atoms with E-state index in [1.807, 2.05) is 6.08 Å². The van der Waals surface area contributed by atoms with Crippen LogP contribution in [-0.2, 0) is 6.54 Å². The molecule has 72 valence electrons. The highest BCUT2D eigenvalue weighted by molar-refractivity contribution is 5.90. The molecule has 2 rings (SSSR count). The summed E-state index contributed by atoms with van der Waals surface area (Å²) in [7, 11) is 0. The lowest BCUT2D eigenvalue weighted by molar-refractivity contribution is 0.769. The maximum Gasteiger partial charge on any atom is 0.0488 e. The van der Waals surface area contributed by atoms with Crippen molar-refractivity contribution in [2.45, 2.75) is 20.4 Å². The van der Waals surface area contributed by atoms with E-state index in [0.717, 1.165) is 6.54 Å². The smallest absolute Gasteiger partial charge is 0.0488 e. The Balaban J connectivity index is 2.91. The monoisotopic (exact) mass is 185 g/mol. The van der Waals surface area contributed by atoms with E-state index in [1.54, 1.807) is 0 Å². The molecule has 0 saturated carbocycles. The first-order chi connectivity index (χ1) is 6.79. The molecule has 0 N–H and O–H groups in total. The molecular weight excluding hydrogens is 170 g/mol. The van der Waals surface area contributed by atoms with Crippen LogP contribution in [0.4, 0.5) is 0 Å². The highest BCUT2D eigenvalue weighted by Crippen LogP contribution is 2.26. The molecular formula is C13H15N. The fourth-order valence-corrected chi connectivity index (χ4v) is 2.12. The topological polar surface area (TPSA) is 4.93 Å². The second-order valence-electron chi connectivity index (χ2n) is 3.46. The van der Waals surface area contributed by atoms with Gasteiger partial charge in [0.1, 0.15) is 0 Å². The van der Waals surface area contributed by atoms with E-state index in [0.29, 0.717) is 0 Å². The van der Waals surface area contributed by atoms with Gasteiger partial charge in [-0.2, -0.15) is 0 Å². The third-order valence-corrected chi connectivity index (χ3v) is 2.80.